The molecule has 0 aromatic heterocycles. The van der Waals surface area contributed by atoms with Gasteiger partial charge < -0.3 is 34.0 Å². The van der Waals surface area contributed by atoms with Gasteiger partial charge in [-0.25, -0.2) is 9.36 Å². The van der Waals surface area contributed by atoms with Crippen LogP contribution >= 0.6 is 7.82 Å². The van der Waals surface area contributed by atoms with E-state index in [1.807, 2.05) is 12.1 Å². The monoisotopic (exact) mass is 488 g/mol. The van der Waals surface area contributed by atoms with Crippen LogP contribution in [0, 0.1) is 22.7 Å². The molecule has 0 amide bonds. The van der Waals surface area contributed by atoms with E-state index in [9.17, 15) is 9.90 Å². The first kappa shape index (κ1) is 26.6. The number of cyclic esters (lactones) is 1. The fourth-order valence-electron chi connectivity index (χ4n) is 2.75. The number of phosphoric acid groups is 1. The molecule has 34 heavy (non-hydrogen) atoms. The Bertz CT molecular complexity index is 1130. The second kappa shape index (κ2) is 12.5. The highest BCUT2D eigenvalue weighted by Crippen LogP contribution is 2.29. The third kappa shape index (κ3) is 8.68. The van der Waals surface area contributed by atoms with Crippen LogP contribution in [0.4, 0.5) is 0 Å². The van der Waals surface area contributed by atoms with Crippen LogP contribution in [0.5, 0.6) is 0 Å². The molecule has 2 aromatic carbocycles. The van der Waals surface area contributed by atoms with Gasteiger partial charge in [0.1, 0.15) is 13.2 Å². The minimum Gasteiger partial charge on any atom is -0.485 e. The molecule has 0 spiro atoms. The number of nitrogens with zero attached hydrogens (tertiary/aromatic N) is 2. The predicted molar refractivity (Wildman–Crippen MR) is 115 cm³/mol. The Kier molecular flexibility index (Phi) is 9.77. The van der Waals surface area contributed by atoms with Crippen molar-refractivity contribution in [2.75, 3.05) is 6.61 Å². The van der Waals surface area contributed by atoms with Crippen molar-refractivity contribution in [3.05, 3.63) is 82.3 Å². The van der Waals surface area contributed by atoms with Gasteiger partial charge in [0.25, 0.3) is 0 Å². The molecular weight excluding hydrogens is 467 g/mol. The van der Waals surface area contributed by atoms with Gasteiger partial charge in [-0.15, -0.1) is 0 Å². The summed E-state index contributed by atoms with van der Waals surface area (Å²) in [6, 6.07) is 17.8. The molecule has 3 rings (SSSR count). The minimum atomic E-state index is -4.64. The van der Waals surface area contributed by atoms with Gasteiger partial charge in [-0.3, -0.25) is 0 Å². The van der Waals surface area contributed by atoms with Crippen LogP contribution in [0.25, 0.3) is 0 Å². The van der Waals surface area contributed by atoms with Crippen molar-refractivity contribution < 1.29 is 43.4 Å². The number of aliphatic hydroxyl groups excluding tert-OH is 1. The highest BCUT2D eigenvalue weighted by atomic mass is 31.2. The molecule has 2 aromatic rings. The van der Waals surface area contributed by atoms with Gasteiger partial charge in [-0.05, 0) is 35.4 Å². The summed E-state index contributed by atoms with van der Waals surface area (Å²) < 4.78 is 25.6. The number of nitriles is 2. The molecule has 4 N–H and O–H groups in total. The van der Waals surface area contributed by atoms with Crippen molar-refractivity contribution in [1.29, 1.82) is 10.5 Å². The minimum absolute atomic E-state index is 0.0264. The van der Waals surface area contributed by atoms with Gasteiger partial charge >= 0.3 is 13.8 Å². The second-order valence-corrected chi connectivity index (χ2v) is 7.83. The summed E-state index contributed by atoms with van der Waals surface area (Å²) in [4.78, 5) is 33.8. The zero-order chi connectivity index (χ0) is 25.1. The average molecular weight is 488 g/mol. The maximum atomic E-state index is 12.2. The van der Waals surface area contributed by atoms with E-state index in [-0.39, 0.29) is 37.8 Å². The summed E-state index contributed by atoms with van der Waals surface area (Å²) in [6.07, 6.45) is -0.528. The number of benzene rings is 2. The lowest BCUT2D eigenvalue weighted by Gasteiger charge is -2.14. The van der Waals surface area contributed by atoms with E-state index in [1.165, 1.54) is 0 Å². The topological polar surface area (TPSA) is 190 Å². The van der Waals surface area contributed by atoms with Crippen LogP contribution in [0.15, 0.2) is 60.0 Å². The van der Waals surface area contributed by atoms with Crippen LogP contribution in [-0.4, -0.2) is 38.5 Å². The van der Waals surface area contributed by atoms with E-state index in [2.05, 4.69) is 0 Å². The largest absolute Gasteiger partial charge is 0.485 e. The van der Waals surface area contributed by atoms with Crippen LogP contribution in [-0.2, 0) is 36.8 Å². The lowest BCUT2D eigenvalue weighted by Crippen LogP contribution is -2.15. The van der Waals surface area contributed by atoms with Crippen LogP contribution in [0.1, 0.15) is 28.7 Å². The number of aliphatic hydroxyl groups is 1. The van der Waals surface area contributed by atoms with E-state index >= 15 is 0 Å². The van der Waals surface area contributed by atoms with Gasteiger partial charge in [0, 0.05) is 13.0 Å². The zero-order valence-corrected chi connectivity index (χ0v) is 18.6. The van der Waals surface area contributed by atoms with Crippen molar-refractivity contribution in [1.82, 2.24) is 0 Å². The standard InChI is InChI=1S/C22H18N2O5.H3O4P/c23-11-15-1-5-17(6-2-15)13-27-20-19(9-10-25)29-22(26)21(20)28-14-18-7-3-16(12-24)4-8-18;1-5(2,3)4/h1-8,19,25H,9-10,13-14H2;(H3,1,2,3,4). The molecule has 1 heterocycles. The summed E-state index contributed by atoms with van der Waals surface area (Å²) in [7, 11) is -4.64. The fraction of sp³-hybridized carbons (Fsp3) is 0.227. The SMILES string of the molecule is N#Cc1ccc(COC2=C(OCc3ccc(C#N)cc3)C(CCO)OC2=O)cc1.O=P(O)(O)O. The van der Waals surface area contributed by atoms with Crippen LogP contribution < -0.4 is 0 Å². The fourth-order valence-corrected chi connectivity index (χ4v) is 2.75. The molecule has 0 fully saturated rings. The number of hydrogen-bond donors (Lipinski definition) is 4. The van der Waals surface area contributed by atoms with Crippen molar-refractivity contribution in [3.63, 3.8) is 0 Å². The molecule has 12 heteroatoms. The summed E-state index contributed by atoms with van der Waals surface area (Å²) in [5.74, 6) is -0.435. The normalized spacial score (nSPS) is 14.9. The van der Waals surface area contributed by atoms with E-state index in [0.717, 1.165) is 11.1 Å². The first-order valence-electron chi connectivity index (χ1n) is 9.72. The second-order valence-electron chi connectivity index (χ2n) is 6.81. The van der Waals surface area contributed by atoms with E-state index in [0.29, 0.717) is 11.1 Å². The lowest BCUT2D eigenvalue weighted by molar-refractivity contribution is -0.143. The molecule has 0 aliphatic carbocycles. The number of carbonyl (C=O) groups is 1. The van der Waals surface area contributed by atoms with Crippen LogP contribution in [0.3, 0.4) is 0 Å². The Morgan fingerprint density at radius 1 is 0.882 bits per heavy atom. The predicted octanol–water partition coefficient (Wildman–Crippen LogP) is 1.75. The van der Waals surface area contributed by atoms with Crippen LogP contribution in [0.2, 0.25) is 0 Å². The highest BCUT2D eigenvalue weighted by Gasteiger charge is 2.37. The Hall–Kier alpha value is -3.70. The maximum absolute atomic E-state index is 12.2. The van der Waals surface area contributed by atoms with Crippen molar-refractivity contribution >= 4 is 13.8 Å². The third-order valence-electron chi connectivity index (χ3n) is 4.29. The Morgan fingerprint density at radius 3 is 1.74 bits per heavy atom. The molecule has 0 bridgehead atoms. The summed E-state index contributed by atoms with van der Waals surface area (Å²) >= 11 is 0. The average Bonchev–Trinajstić information content (AvgIpc) is 3.10. The number of hydrogen-bond acceptors (Lipinski definition) is 8. The third-order valence-corrected chi connectivity index (χ3v) is 4.29. The van der Waals surface area contributed by atoms with Gasteiger partial charge in [0.15, 0.2) is 11.9 Å². The van der Waals surface area contributed by atoms with E-state index in [4.69, 9.17) is 44.0 Å². The molecule has 1 atom stereocenters. The van der Waals surface area contributed by atoms with Gasteiger partial charge in [-0.2, -0.15) is 10.5 Å². The molecule has 0 radical (unpaired) electrons. The van der Waals surface area contributed by atoms with E-state index < -0.39 is 19.9 Å². The lowest BCUT2D eigenvalue weighted by atomic mass is 10.1. The molecular formula is C22H21N2O9P. The molecule has 178 valence electrons. The summed E-state index contributed by atoms with van der Waals surface area (Å²) in [5.41, 5.74) is 2.66. The van der Waals surface area contributed by atoms with Crippen molar-refractivity contribution in [3.8, 4) is 12.1 Å². The Labute approximate surface area is 194 Å². The molecule has 11 nitrogen and oxygen atoms in total. The first-order valence-corrected chi connectivity index (χ1v) is 11.3. The molecule has 1 unspecified atom stereocenters. The quantitative estimate of drug-likeness (QED) is 0.313. The zero-order valence-electron chi connectivity index (χ0n) is 17.7. The smallest absolute Gasteiger partial charge is 0.466 e. The van der Waals surface area contributed by atoms with Crippen molar-refractivity contribution in [2.24, 2.45) is 0 Å². The molecule has 0 saturated heterocycles. The van der Waals surface area contributed by atoms with Gasteiger partial charge in [0.05, 0.1) is 23.3 Å². The molecule has 0 saturated carbocycles. The number of esters is 1. The molecule has 1 aliphatic heterocycles. The first-order chi connectivity index (χ1) is 16.1. The molecule has 1 aliphatic rings. The number of ether oxygens (including phenoxy) is 3. The van der Waals surface area contributed by atoms with Gasteiger partial charge in [0.2, 0.25) is 5.76 Å². The highest BCUT2D eigenvalue weighted by molar-refractivity contribution is 7.45. The van der Waals surface area contributed by atoms with Crippen molar-refractivity contribution in [2.45, 2.75) is 25.7 Å². The number of rotatable bonds is 8. The number of carbonyl (C=O) groups excluding carboxylic acids is 1. The maximum Gasteiger partial charge on any atom is 0.466 e. The van der Waals surface area contributed by atoms with E-state index in [1.54, 1.807) is 48.5 Å². The summed E-state index contributed by atoms with van der Waals surface area (Å²) in [5, 5.41) is 27.0. The Morgan fingerprint density at radius 2 is 1.32 bits per heavy atom. The Balaban J connectivity index is 0.000000739. The summed E-state index contributed by atoms with van der Waals surface area (Å²) in [6.45, 7) is 0.0830. The van der Waals surface area contributed by atoms with Gasteiger partial charge in [-0.1, -0.05) is 24.3 Å².